The second kappa shape index (κ2) is 4.18. The Balaban J connectivity index is 2.07. The van der Waals surface area contributed by atoms with Gasteiger partial charge < -0.3 is 9.47 Å². The zero-order valence-corrected chi connectivity index (χ0v) is 9.24. The second-order valence-corrected chi connectivity index (χ2v) is 3.56. The summed E-state index contributed by atoms with van der Waals surface area (Å²) in [6.07, 6.45) is 8.25. The lowest BCUT2D eigenvalue weighted by molar-refractivity contribution is 0.207. The molecule has 0 fully saturated rings. The highest BCUT2D eigenvalue weighted by Crippen LogP contribution is 2.01. The highest BCUT2D eigenvalue weighted by molar-refractivity contribution is 5.76. The first kappa shape index (κ1) is 10.4. The van der Waals surface area contributed by atoms with Gasteiger partial charge in [-0.05, 0) is 0 Å². The van der Waals surface area contributed by atoms with Gasteiger partial charge >= 0.3 is 6.03 Å². The molecular formula is C10H13N5O. The number of carbonyl (C=O) groups is 1. The topological polar surface area (TPSA) is 56.0 Å². The van der Waals surface area contributed by atoms with E-state index in [9.17, 15) is 4.79 Å². The molecule has 1 amide bonds. The Morgan fingerprint density at radius 3 is 2.81 bits per heavy atom. The number of imidazole rings is 2. The first-order valence-corrected chi connectivity index (χ1v) is 4.88. The number of carbonyl (C=O) groups excluding carboxylic acids is 1. The Kier molecular flexibility index (Phi) is 2.72. The molecular weight excluding hydrogens is 206 g/mol. The van der Waals surface area contributed by atoms with Gasteiger partial charge in [0.25, 0.3) is 0 Å². The van der Waals surface area contributed by atoms with Crippen LogP contribution in [0.3, 0.4) is 0 Å². The predicted octanol–water partition coefficient (Wildman–Crippen LogP) is 0.717. The first-order valence-electron chi connectivity index (χ1n) is 4.88. The van der Waals surface area contributed by atoms with Crippen LogP contribution in [0, 0.1) is 0 Å². The summed E-state index contributed by atoms with van der Waals surface area (Å²) in [5.74, 6) is 0.843. The standard InChI is InChI=1S/C10H13N5O/c1-13-5-4-12-9(13)7-14(2)10(16)15-6-3-11-8-15/h3-6,8H,7H2,1-2H3. The number of aryl methyl sites for hydroxylation is 1. The largest absolute Gasteiger partial charge is 0.337 e. The Hall–Kier alpha value is -2.11. The summed E-state index contributed by atoms with van der Waals surface area (Å²) in [5, 5.41) is 0. The minimum Gasteiger partial charge on any atom is -0.337 e. The van der Waals surface area contributed by atoms with Crippen LogP contribution >= 0.6 is 0 Å². The van der Waals surface area contributed by atoms with Crippen molar-refractivity contribution in [3.05, 3.63) is 36.9 Å². The van der Waals surface area contributed by atoms with Gasteiger partial charge in [0.15, 0.2) is 0 Å². The van der Waals surface area contributed by atoms with Crippen molar-refractivity contribution in [1.29, 1.82) is 0 Å². The van der Waals surface area contributed by atoms with Gasteiger partial charge in [-0.25, -0.2) is 14.8 Å². The molecule has 6 nitrogen and oxygen atoms in total. The molecule has 0 N–H and O–H groups in total. The quantitative estimate of drug-likeness (QED) is 0.747. The summed E-state index contributed by atoms with van der Waals surface area (Å²) in [6.45, 7) is 0.473. The molecule has 0 aliphatic rings. The molecule has 0 saturated heterocycles. The fourth-order valence-corrected chi connectivity index (χ4v) is 1.40. The predicted molar refractivity (Wildman–Crippen MR) is 57.7 cm³/mol. The van der Waals surface area contributed by atoms with Crippen LogP contribution in [0.25, 0.3) is 0 Å². The zero-order chi connectivity index (χ0) is 11.5. The third kappa shape index (κ3) is 1.95. The van der Waals surface area contributed by atoms with Crippen LogP contribution in [-0.4, -0.2) is 37.1 Å². The zero-order valence-electron chi connectivity index (χ0n) is 9.24. The number of hydrogen-bond donors (Lipinski definition) is 0. The van der Waals surface area contributed by atoms with Gasteiger partial charge in [-0.1, -0.05) is 0 Å². The van der Waals surface area contributed by atoms with E-state index in [4.69, 9.17) is 0 Å². The summed E-state index contributed by atoms with van der Waals surface area (Å²) < 4.78 is 3.32. The van der Waals surface area contributed by atoms with Crippen LogP contribution in [0.15, 0.2) is 31.1 Å². The summed E-state index contributed by atoms with van der Waals surface area (Å²) in [6, 6.07) is -0.125. The molecule has 84 valence electrons. The Labute approximate surface area is 93.1 Å². The van der Waals surface area contributed by atoms with Crippen molar-refractivity contribution in [2.75, 3.05) is 7.05 Å². The van der Waals surface area contributed by atoms with E-state index >= 15 is 0 Å². The first-order chi connectivity index (χ1) is 7.68. The van der Waals surface area contributed by atoms with Crippen LogP contribution in [0.1, 0.15) is 5.82 Å². The van der Waals surface area contributed by atoms with Crippen LogP contribution in [0.4, 0.5) is 4.79 Å². The second-order valence-electron chi connectivity index (χ2n) is 3.56. The third-order valence-electron chi connectivity index (χ3n) is 2.35. The monoisotopic (exact) mass is 219 g/mol. The molecule has 0 saturated carbocycles. The van der Waals surface area contributed by atoms with Crippen molar-refractivity contribution >= 4 is 6.03 Å². The van der Waals surface area contributed by atoms with Crippen LogP contribution in [0.2, 0.25) is 0 Å². The molecule has 0 unspecified atom stereocenters. The fourth-order valence-electron chi connectivity index (χ4n) is 1.40. The molecule has 0 radical (unpaired) electrons. The Morgan fingerprint density at radius 1 is 1.44 bits per heavy atom. The molecule has 0 aromatic carbocycles. The highest BCUT2D eigenvalue weighted by atomic mass is 16.2. The molecule has 0 bridgehead atoms. The van der Waals surface area contributed by atoms with Gasteiger partial charge in [-0.3, -0.25) is 4.57 Å². The van der Waals surface area contributed by atoms with Gasteiger partial charge in [0.1, 0.15) is 12.2 Å². The maximum absolute atomic E-state index is 11.9. The van der Waals surface area contributed by atoms with Crippen molar-refractivity contribution in [2.45, 2.75) is 6.54 Å². The smallest absolute Gasteiger partial charge is 0.329 e. The molecule has 16 heavy (non-hydrogen) atoms. The highest BCUT2D eigenvalue weighted by Gasteiger charge is 2.12. The number of rotatable bonds is 2. The molecule has 0 atom stereocenters. The van der Waals surface area contributed by atoms with E-state index in [0.717, 1.165) is 5.82 Å². The maximum atomic E-state index is 11.9. The van der Waals surface area contributed by atoms with Crippen LogP contribution in [-0.2, 0) is 13.6 Å². The van der Waals surface area contributed by atoms with E-state index in [1.165, 1.54) is 10.9 Å². The van der Waals surface area contributed by atoms with E-state index < -0.39 is 0 Å². The van der Waals surface area contributed by atoms with Crippen molar-refractivity contribution < 1.29 is 4.79 Å². The Bertz CT molecular complexity index is 473. The van der Waals surface area contributed by atoms with Crippen molar-refractivity contribution in [3.8, 4) is 0 Å². The summed E-state index contributed by atoms with van der Waals surface area (Å²) in [5.41, 5.74) is 0. The van der Waals surface area contributed by atoms with Crippen LogP contribution < -0.4 is 0 Å². The molecule has 2 rings (SSSR count). The van der Waals surface area contributed by atoms with Gasteiger partial charge in [-0.15, -0.1) is 0 Å². The van der Waals surface area contributed by atoms with E-state index in [1.807, 2.05) is 17.8 Å². The van der Waals surface area contributed by atoms with Crippen LogP contribution in [0.5, 0.6) is 0 Å². The van der Waals surface area contributed by atoms with E-state index in [0.29, 0.717) is 6.54 Å². The summed E-state index contributed by atoms with van der Waals surface area (Å²) in [7, 11) is 3.63. The average Bonchev–Trinajstić information content (AvgIpc) is 2.89. The number of nitrogens with zero attached hydrogens (tertiary/aromatic N) is 5. The van der Waals surface area contributed by atoms with Gasteiger partial charge in [0.05, 0.1) is 6.54 Å². The molecule has 0 aliphatic heterocycles. The van der Waals surface area contributed by atoms with E-state index in [2.05, 4.69) is 9.97 Å². The third-order valence-corrected chi connectivity index (χ3v) is 2.35. The number of aromatic nitrogens is 4. The van der Waals surface area contributed by atoms with E-state index in [-0.39, 0.29) is 6.03 Å². The molecule has 6 heteroatoms. The maximum Gasteiger partial charge on any atom is 0.329 e. The van der Waals surface area contributed by atoms with Gasteiger partial charge in [0, 0.05) is 38.9 Å². The lowest BCUT2D eigenvalue weighted by Crippen LogP contribution is -2.30. The van der Waals surface area contributed by atoms with Crippen molar-refractivity contribution in [1.82, 2.24) is 24.0 Å². The molecule has 2 heterocycles. The molecule has 2 aromatic rings. The Morgan fingerprint density at radius 2 is 2.25 bits per heavy atom. The molecule has 0 spiro atoms. The SMILES string of the molecule is CN(Cc1nccn1C)C(=O)n1ccnc1. The molecule has 0 aliphatic carbocycles. The lowest BCUT2D eigenvalue weighted by Gasteiger charge is -2.16. The van der Waals surface area contributed by atoms with Gasteiger partial charge in [-0.2, -0.15) is 0 Å². The summed E-state index contributed by atoms with van der Waals surface area (Å²) >= 11 is 0. The van der Waals surface area contributed by atoms with Gasteiger partial charge in [0.2, 0.25) is 0 Å². The normalized spacial score (nSPS) is 10.4. The number of amides is 1. The van der Waals surface area contributed by atoms with E-state index in [1.54, 1.807) is 30.5 Å². The fraction of sp³-hybridized carbons (Fsp3) is 0.300. The lowest BCUT2D eigenvalue weighted by atomic mass is 10.5. The average molecular weight is 219 g/mol. The summed E-state index contributed by atoms with van der Waals surface area (Å²) in [4.78, 5) is 21.4. The van der Waals surface area contributed by atoms with Crippen molar-refractivity contribution in [2.24, 2.45) is 7.05 Å². The minimum atomic E-state index is -0.125. The minimum absolute atomic E-state index is 0.125. The molecule has 2 aromatic heterocycles. The van der Waals surface area contributed by atoms with Crippen molar-refractivity contribution in [3.63, 3.8) is 0 Å². The number of hydrogen-bond acceptors (Lipinski definition) is 3.